The number of aromatic carboxylic acids is 2. The molecule has 0 unspecified atom stereocenters. The van der Waals surface area contributed by atoms with Crippen LogP contribution >= 0.6 is 0 Å². The fraction of sp³-hybridized carbons (Fsp3) is 0.364. The zero-order valence-electron chi connectivity index (χ0n) is 17.6. The zero-order valence-corrected chi connectivity index (χ0v) is 20.5. The average Bonchev–Trinajstić information content (AvgIpc) is 2.68. The Balaban J connectivity index is 0.000000439. The molecule has 0 saturated carbocycles. The van der Waals surface area contributed by atoms with Gasteiger partial charge in [0.2, 0.25) is 0 Å². The molecule has 0 saturated heterocycles. The first kappa shape index (κ1) is 28.4. The van der Waals surface area contributed by atoms with Crippen molar-refractivity contribution in [3.8, 4) is 23.0 Å². The SMILES string of the molecule is CCC[CH2][Sn+2][CH2]CCC.O=C(O)c1c([O-])cccc1O.O=C(O)c1c([O-])cccc1O. The first-order valence-corrected chi connectivity index (χ1v) is 13.9. The number of phenols is 2. The van der Waals surface area contributed by atoms with E-state index in [-0.39, 0.29) is 21.1 Å². The van der Waals surface area contributed by atoms with Crippen LogP contribution in [0.25, 0.3) is 0 Å². The van der Waals surface area contributed by atoms with Crippen LogP contribution < -0.4 is 10.2 Å². The molecule has 0 aromatic heterocycles. The molecular formula is C22H28O8Sn. The van der Waals surface area contributed by atoms with Crippen molar-refractivity contribution in [2.75, 3.05) is 0 Å². The summed E-state index contributed by atoms with van der Waals surface area (Å²) >= 11 is 0.149. The predicted molar refractivity (Wildman–Crippen MR) is 114 cm³/mol. The molecule has 0 amide bonds. The molecule has 0 bridgehead atoms. The van der Waals surface area contributed by atoms with Gasteiger partial charge >= 0.3 is 81.5 Å². The normalized spacial score (nSPS) is 9.35. The third-order valence-corrected chi connectivity index (χ3v) is 7.89. The first-order chi connectivity index (χ1) is 14.7. The number of rotatable bonds is 8. The van der Waals surface area contributed by atoms with Gasteiger partial charge in [0, 0.05) is 0 Å². The Morgan fingerprint density at radius 2 is 1.13 bits per heavy atom. The Kier molecular flexibility index (Phi) is 14.8. The molecule has 0 radical (unpaired) electrons. The maximum atomic E-state index is 10.7. The van der Waals surface area contributed by atoms with Crippen LogP contribution in [0, 0.1) is 0 Å². The number of hydrogen-bond donors (Lipinski definition) is 4. The van der Waals surface area contributed by atoms with E-state index in [1.54, 1.807) is 8.87 Å². The van der Waals surface area contributed by atoms with Gasteiger partial charge in [-0.05, 0) is 12.1 Å². The molecule has 0 spiro atoms. The van der Waals surface area contributed by atoms with Gasteiger partial charge in [-0.15, -0.1) is 0 Å². The fourth-order valence-electron chi connectivity index (χ4n) is 2.20. The van der Waals surface area contributed by atoms with Gasteiger partial charge < -0.3 is 30.6 Å². The van der Waals surface area contributed by atoms with E-state index in [0.29, 0.717) is 0 Å². The van der Waals surface area contributed by atoms with Crippen molar-refractivity contribution in [3.63, 3.8) is 0 Å². The fourth-order valence-corrected chi connectivity index (χ4v) is 6.36. The second-order valence-electron chi connectivity index (χ2n) is 6.37. The van der Waals surface area contributed by atoms with Gasteiger partial charge in [-0.25, -0.2) is 9.59 Å². The second-order valence-corrected chi connectivity index (χ2v) is 10.6. The molecule has 0 heterocycles. The molecule has 0 atom stereocenters. The minimum atomic E-state index is -1.41. The Morgan fingerprint density at radius 3 is 1.35 bits per heavy atom. The van der Waals surface area contributed by atoms with Gasteiger partial charge in [0.1, 0.15) is 11.5 Å². The minimum Gasteiger partial charge on any atom is -0.872 e. The monoisotopic (exact) mass is 540 g/mol. The van der Waals surface area contributed by atoms with E-state index in [1.165, 1.54) is 37.8 Å². The van der Waals surface area contributed by atoms with Crippen LogP contribution in [0.15, 0.2) is 36.4 Å². The molecule has 0 aliphatic carbocycles. The summed E-state index contributed by atoms with van der Waals surface area (Å²) in [6.45, 7) is 4.58. The van der Waals surface area contributed by atoms with Crippen LogP contribution in [0.1, 0.15) is 60.2 Å². The van der Waals surface area contributed by atoms with Gasteiger partial charge in [0.25, 0.3) is 0 Å². The van der Waals surface area contributed by atoms with Crippen molar-refractivity contribution in [3.05, 3.63) is 47.5 Å². The van der Waals surface area contributed by atoms with E-state index in [1.807, 2.05) is 0 Å². The van der Waals surface area contributed by atoms with Crippen molar-refractivity contribution in [1.82, 2.24) is 0 Å². The number of carboxylic acid groups (broad SMARTS) is 2. The molecule has 0 aliphatic rings. The van der Waals surface area contributed by atoms with Crippen LogP contribution in [0.3, 0.4) is 0 Å². The predicted octanol–water partition coefficient (Wildman–Crippen LogP) is 3.46. The second kappa shape index (κ2) is 16.1. The molecule has 0 fully saturated rings. The summed E-state index contributed by atoms with van der Waals surface area (Å²) in [6.07, 6.45) is 5.84. The molecule has 31 heavy (non-hydrogen) atoms. The van der Waals surface area contributed by atoms with E-state index in [0.717, 1.165) is 24.3 Å². The summed E-state index contributed by atoms with van der Waals surface area (Å²) in [7, 11) is 0. The van der Waals surface area contributed by atoms with Gasteiger partial charge in [0.05, 0.1) is 11.1 Å². The maximum absolute atomic E-state index is 10.7. The van der Waals surface area contributed by atoms with Crippen LogP contribution in [0.4, 0.5) is 0 Å². The molecule has 9 heteroatoms. The van der Waals surface area contributed by atoms with Crippen molar-refractivity contribution >= 4 is 33.1 Å². The van der Waals surface area contributed by atoms with E-state index in [2.05, 4.69) is 13.8 Å². The molecule has 2 aromatic rings. The average molecular weight is 539 g/mol. The van der Waals surface area contributed by atoms with Gasteiger partial charge in [-0.2, -0.15) is 0 Å². The molecule has 0 aliphatic heterocycles. The zero-order chi connectivity index (χ0) is 23.8. The summed E-state index contributed by atoms with van der Waals surface area (Å²) in [4.78, 5) is 20.6. The Morgan fingerprint density at radius 1 is 0.774 bits per heavy atom. The third kappa shape index (κ3) is 11.4. The number of benzene rings is 2. The van der Waals surface area contributed by atoms with Crippen LogP contribution in [-0.2, 0) is 0 Å². The molecule has 2 rings (SSSR count). The smallest absolute Gasteiger partial charge is 0.338 e. The molecule has 4 N–H and O–H groups in total. The Hall–Kier alpha value is -2.62. The summed E-state index contributed by atoms with van der Waals surface area (Å²) in [5.74, 6) is -5.17. The minimum absolute atomic E-state index is 0.149. The maximum Gasteiger partial charge on any atom is 0.338 e. The summed E-state index contributed by atoms with van der Waals surface area (Å²) < 4.78 is 3.25. The largest absolute Gasteiger partial charge is 0.872 e. The van der Waals surface area contributed by atoms with E-state index < -0.39 is 46.1 Å². The van der Waals surface area contributed by atoms with Crippen molar-refractivity contribution in [2.24, 2.45) is 0 Å². The van der Waals surface area contributed by atoms with E-state index in [9.17, 15) is 19.8 Å². The Bertz CT molecular complexity index is 715. The molecular weight excluding hydrogens is 511 g/mol. The topological polar surface area (TPSA) is 161 Å². The summed E-state index contributed by atoms with van der Waals surface area (Å²) in [5, 5.41) is 56.0. The van der Waals surface area contributed by atoms with Crippen molar-refractivity contribution in [2.45, 2.75) is 48.4 Å². The number of carboxylic acids is 2. The van der Waals surface area contributed by atoms with Gasteiger partial charge in [-0.3, -0.25) is 0 Å². The van der Waals surface area contributed by atoms with Crippen molar-refractivity contribution < 1.29 is 40.2 Å². The molecule has 168 valence electrons. The van der Waals surface area contributed by atoms with Gasteiger partial charge in [0.15, 0.2) is 0 Å². The Labute approximate surface area is 192 Å². The van der Waals surface area contributed by atoms with Crippen LogP contribution in [0.5, 0.6) is 23.0 Å². The number of carbonyl (C=O) groups is 2. The first-order valence-electron chi connectivity index (χ1n) is 9.82. The molecule has 8 nitrogen and oxygen atoms in total. The molecule has 2 aromatic carbocycles. The quantitative estimate of drug-likeness (QED) is 0.293. The van der Waals surface area contributed by atoms with Crippen molar-refractivity contribution in [1.29, 1.82) is 0 Å². The standard InChI is InChI=1S/2C7H6O4.2C4H9.Sn/c2*8-4-2-1-3-5(9)6(4)7(10)11;2*1-3-4-2;/h2*1-3,8-9H,(H,10,11);2*1,3-4H2,2H3;/q;;;;+2/p-2. The summed E-state index contributed by atoms with van der Waals surface area (Å²) in [5.41, 5.74) is -1.15. The number of hydrogen-bond acceptors (Lipinski definition) is 6. The van der Waals surface area contributed by atoms with Crippen LogP contribution in [0.2, 0.25) is 8.87 Å². The number of unbranched alkanes of at least 4 members (excludes halogenated alkanes) is 2. The van der Waals surface area contributed by atoms with Crippen LogP contribution in [-0.4, -0.2) is 53.5 Å². The van der Waals surface area contributed by atoms with Gasteiger partial charge in [-0.1, -0.05) is 35.8 Å². The summed E-state index contributed by atoms with van der Waals surface area (Å²) in [6, 6.07) is 7.08. The third-order valence-electron chi connectivity index (χ3n) is 3.85. The van der Waals surface area contributed by atoms with E-state index >= 15 is 0 Å². The van der Waals surface area contributed by atoms with E-state index in [4.69, 9.17) is 20.4 Å². The number of aromatic hydroxyl groups is 2.